The zero-order valence-corrected chi connectivity index (χ0v) is 9.58. The van der Waals surface area contributed by atoms with Crippen molar-refractivity contribution >= 4 is 23.5 Å². The number of amides is 1. The van der Waals surface area contributed by atoms with Crippen LogP contribution in [0.5, 0.6) is 0 Å². The summed E-state index contributed by atoms with van der Waals surface area (Å²) < 4.78 is 4.37. The van der Waals surface area contributed by atoms with Crippen molar-refractivity contribution in [1.82, 2.24) is 5.32 Å². The molecule has 0 aliphatic rings. The number of halogens is 1. The van der Waals surface area contributed by atoms with E-state index in [1.807, 2.05) is 12.1 Å². The number of hydrogen-bond donors (Lipinski definition) is 1. The van der Waals surface area contributed by atoms with E-state index in [0.29, 0.717) is 11.6 Å². The molecular weight excluding hydrogens is 230 g/mol. The standard InChI is InChI=1S/C11H12ClNO3/c1-16-11(15)6-10(14)13-7-8-4-2-3-5-9(8)12/h2-5H,6-7H2,1H3,(H,13,14). The number of ether oxygens (including phenoxy) is 1. The summed E-state index contributed by atoms with van der Waals surface area (Å²) in [7, 11) is 1.24. The number of rotatable bonds is 4. The lowest BCUT2D eigenvalue weighted by molar-refractivity contribution is -0.143. The number of methoxy groups -OCH3 is 1. The van der Waals surface area contributed by atoms with Crippen LogP contribution in [0.3, 0.4) is 0 Å². The molecule has 86 valence electrons. The lowest BCUT2D eigenvalue weighted by Crippen LogP contribution is -2.25. The molecule has 0 saturated heterocycles. The fraction of sp³-hybridized carbons (Fsp3) is 0.273. The summed E-state index contributed by atoms with van der Waals surface area (Å²) in [6.45, 7) is 0.301. The van der Waals surface area contributed by atoms with Gasteiger partial charge in [-0.15, -0.1) is 0 Å². The molecule has 0 unspecified atom stereocenters. The molecule has 0 saturated carbocycles. The molecule has 1 N–H and O–H groups in total. The minimum atomic E-state index is -0.559. The van der Waals surface area contributed by atoms with Crippen LogP contribution in [0.15, 0.2) is 24.3 Å². The third kappa shape index (κ3) is 3.90. The van der Waals surface area contributed by atoms with E-state index in [1.165, 1.54) is 7.11 Å². The minimum absolute atomic E-state index is 0.277. The molecule has 4 nitrogen and oxygen atoms in total. The van der Waals surface area contributed by atoms with Crippen molar-refractivity contribution in [2.45, 2.75) is 13.0 Å². The summed E-state index contributed by atoms with van der Waals surface area (Å²) in [5.74, 6) is -0.941. The molecule has 1 aromatic carbocycles. The van der Waals surface area contributed by atoms with Crippen molar-refractivity contribution < 1.29 is 14.3 Å². The first-order chi connectivity index (χ1) is 7.63. The maximum Gasteiger partial charge on any atom is 0.315 e. The fourth-order valence-corrected chi connectivity index (χ4v) is 1.30. The number of benzene rings is 1. The first-order valence-corrected chi connectivity index (χ1v) is 5.08. The molecule has 1 amide bonds. The van der Waals surface area contributed by atoms with Gasteiger partial charge in [-0.3, -0.25) is 9.59 Å². The van der Waals surface area contributed by atoms with Crippen LogP contribution in [0, 0.1) is 0 Å². The molecule has 0 spiro atoms. The van der Waals surface area contributed by atoms with Gasteiger partial charge in [-0.1, -0.05) is 29.8 Å². The number of carbonyl (C=O) groups excluding carboxylic acids is 2. The molecule has 0 bridgehead atoms. The number of nitrogens with one attached hydrogen (secondary N) is 1. The number of esters is 1. The molecule has 1 aromatic rings. The van der Waals surface area contributed by atoms with Crippen LogP contribution < -0.4 is 5.32 Å². The second-order valence-corrected chi connectivity index (χ2v) is 3.53. The highest BCUT2D eigenvalue weighted by Crippen LogP contribution is 2.14. The van der Waals surface area contributed by atoms with Gasteiger partial charge in [0.25, 0.3) is 0 Å². The summed E-state index contributed by atoms with van der Waals surface area (Å²) in [5.41, 5.74) is 0.808. The smallest absolute Gasteiger partial charge is 0.315 e. The minimum Gasteiger partial charge on any atom is -0.469 e. The summed E-state index contributed by atoms with van der Waals surface area (Å²) >= 11 is 5.90. The van der Waals surface area contributed by atoms with Crippen molar-refractivity contribution in [2.24, 2.45) is 0 Å². The van der Waals surface area contributed by atoms with Gasteiger partial charge in [0.15, 0.2) is 0 Å². The Balaban J connectivity index is 2.43. The van der Waals surface area contributed by atoms with Crippen molar-refractivity contribution in [3.05, 3.63) is 34.9 Å². The first kappa shape index (κ1) is 12.5. The Hall–Kier alpha value is -1.55. The molecule has 16 heavy (non-hydrogen) atoms. The maximum absolute atomic E-state index is 11.2. The molecule has 0 heterocycles. The lowest BCUT2D eigenvalue weighted by atomic mass is 10.2. The highest BCUT2D eigenvalue weighted by molar-refractivity contribution is 6.31. The Bertz CT molecular complexity index is 393. The van der Waals surface area contributed by atoms with Crippen molar-refractivity contribution in [2.75, 3.05) is 7.11 Å². The van der Waals surface area contributed by atoms with Gasteiger partial charge in [-0.05, 0) is 11.6 Å². The second-order valence-electron chi connectivity index (χ2n) is 3.12. The number of hydrogen-bond acceptors (Lipinski definition) is 3. The molecule has 0 radical (unpaired) electrons. The Morgan fingerprint density at radius 2 is 2.06 bits per heavy atom. The number of carbonyl (C=O) groups is 2. The average molecular weight is 242 g/mol. The van der Waals surface area contributed by atoms with Crippen LogP contribution in [0.2, 0.25) is 5.02 Å². The van der Waals surface area contributed by atoms with Crippen LogP contribution in [0.4, 0.5) is 0 Å². The summed E-state index contributed by atoms with van der Waals surface area (Å²) in [6.07, 6.45) is -0.277. The molecular formula is C11H12ClNO3. The van der Waals surface area contributed by atoms with Gasteiger partial charge in [-0.25, -0.2) is 0 Å². The van der Waals surface area contributed by atoms with Gasteiger partial charge in [-0.2, -0.15) is 0 Å². The highest BCUT2D eigenvalue weighted by Gasteiger charge is 2.09. The molecule has 5 heteroatoms. The summed E-state index contributed by atoms with van der Waals surface area (Å²) in [6, 6.07) is 7.18. The Kier molecular flexibility index (Phi) is 4.79. The highest BCUT2D eigenvalue weighted by atomic mass is 35.5. The third-order valence-electron chi connectivity index (χ3n) is 1.97. The van der Waals surface area contributed by atoms with Crippen molar-refractivity contribution in [1.29, 1.82) is 0 Å². The molecule has 0 atom stereocenters. The van der Waals surface area contributed by atoms with Crippen LogP contribution >= 0.6 is 11.6 Å². The lowest BCUT2D eigenvalue weighted by Gasteiger charge is -2.05. The largest absolute Gasteiger partial charge is 0.469 e. The second kappa shape index (κ2) is 6.12. The van der Waals surface area contributed by atoms with E-state index >= 15 is 0 Å². The maximum atomic E-state index is 11.2. The average Bonchev–Trinajstić information content (AvgIpc) is 2.28. The van der Waals surface area contributed by atoms with Crippen LogP contribution in [0.25, 0.3) is 0 Å². The predicted molar refractivity (Wildman–Crippen MR) is 59.9 cm³/mol. The van der Waals surface area contributed by atoms with Crippen LogP contribution in [0.1, 0.15) is 12.0 Å². The van der Waals surface area contributed by atoms with Crippen molar-refractivity contribution in [3.63, 3.8) is 0 Å². The normalized spacial score (nSPS) is 9.62. The topological polar surface area (TPSA) is 55.4 Å². The molecule has 0 fully saturated rings. The first-order valence-electron chi connectivity index (χ1n) is 4.70. The van der Waals surface area contributed by atoms with E-state index in [0.717, 1.165) is 5.56 Å². The molecule has 1 rings (SSSR count). The van der Waals surface area contributed by atoms with Gasteiger partial charge in [0, 0.05) is 11.6 Å². The van der Waals surface area contributed by atoms with Gasteiger partial charge >= 0.3 is 5.97 Å². The van der Waals surface area contributed by atoms with E-state index in [9.17, 15) is 9.59 Å². The summed E-state index contributed by atoms with van der Waals surface area (Å²) in [5, 5.41) is 3.16. The molecule has 0 aliphatic carbocycles. The van der Waals surface area contributed by atoms with Gasteiger partial charge in [0.2, 0.25) is 5.91 Å². The molecule has 0 aromatic heterocycles. The van der Waals surface area contributed by atoms with E-state index in [1.54, 1.807) is 12.1 Å². The Labute approximate surface area is 98.5 Å². The van der Waals surface area contributed by atoms with E-state index in [2.05, 4.69) is 10.1 Å². The molecule has 0 aliphatic heterocycles. The SMILES string of the molecule is COC(=O)CC(=O)NCc1ccccc1Cl. The van der Waals surface area contributed by atoms with Crippen LogP contribution in [-0.2, 0) is 20.9 Å². The van der Waals surface area contributed by atoms with Crippen molar-refractivity contribution in [3.8, 4) is 0 Å². The van der Waals surface area contributed by atoms with E-state index in [-0.39, 0.29) is 12.3 Å². The monoisotopic (exact) mass is 241 g/mol. The van der Waals surface area contributed by atoms with E-state index < -0.39 is 5.97 Å². The van der Waals surface area contributed by atoms with Gasteiger partial charge < -0.3 is 10.1 Å². The fourth-order valence-electron chi connectivity index (χ4n) is 1.10. The quantitative estimate of drug-likeness (QED) is 0.642. The van der Waals surface area contributed by atoms with E-state index in [4.69, 9.17) is 11.6 Å². The Morgan fingerprint density at radius 1 is 1.38 bits per heavy atom. The van der Waals surface area contributed by atoms with Gasteiger partial charge in [0.1, 0.15) is 6.42 Å². The van der Waals surface area contributed by atoms with Crippen LogP contribution in [-0.4, -0.2) is 19.0 Å². The third-order valence-corrected chi connectivity index (χ3v) is 2.34. The zero-order chi connectivity index (χ0) is 12.0. The zero-order valence-electron chi connectivity index (χ0n) is 8.83. The Morgan fingerprint density at radius 3 is 2.69 bits per heavy atom. The van der Waals surface area contributed by atoms with Gasteiger partial charge in [0.05, 0.1) is 7.11 Å². The predicted octanol–water partition coefficient (Wildman–Crippen LogP) is 1.52. The summed E-state index contributed by atoms with van der Waals surface area (Å²) in [4.78, 5) is 22.0.